The van der Waals surface area contributed by atoms with Gasteiger partial charge in [0.15, 0.2) is 0 Å². The third-order valence-electron chi connectivity index (χ3n) is 3.30. The minimum absolute atomic E-state index is 0.207. The Kier molecular flexibility index (Phi) is 4.80. The molecule has 1 fully saturated rings. The highest BCUT2D eigenvalue weighted by molar-refractivity contribution is 5.42. The van der Waals surface area contributed by atoms with E-state index in [2.05, 4.69) is 5.32 Å². The van der Waals surface area contributed by atoms with Gasteiger partial charge in [-0.3, -0.25) is 0 Å². The molecule has 3 heteroatoms. The lowest BCUT2D eigenvalue weighted by Gasteiger charge is -2.24. The van der Waals surface area contributed by atoms with Crippen molar-refractivity contribution in [3.05, 3.63) is 30.1 Å². The van der Waals surface area contributed by atoms with Crippen LogP contribution in [0.25, 0.3) is 0 Å². The van der Waals surface area contributed by atoms with Crippen LogP contribution < -0.4 is 5.32 Å². The van der Waals surface area contributed by atoms with Crippen LogP contribution in [0, 0.1) is 11.7 Å². The molecule has 1 aliphatic rings. The molecule has 1 aromatic rings. The number of anilines is 1. The molecule has 1 saturated carbocycles. The van der Waals surface area contributed by atoms with Gasteiger partial charge in [-0.25, -0.2) is 4.39 Å². The van der Waals surface area contributed by atoms with Crippen molar-refractivity contribution in [2.24, 2.45) is 5.92 Å². The maximum atomic E-state index is 12.9. The highest BCUT2D eigenvalue weighted by Gasteiger charge is 2.16. The molecule has 0 unspecified atom stereocenters. The maximum Gasteiger partial charge on any atom is 0.125 e. The molecular formula is C14H20FNO. The van der Waals surface area contributed by atoms with E-state index in [1.54, 1.807) is 6.07 Å². The van der Waals surface area contributed by atoms with Gasteiger partial charge in [-0.15, -0.1) is 0 Å². The average molecular weight is 237 g/mol. The maximum absolute atomic E-state index is 12.9. The van der Waals surface area contributed by atoms with Crippen LogP contribution in [-0.4, -0.2) is 19.8 Å². The highest BCUT2D eigenvalue weighted by atomic mass is 19.1. The third-order valence-corrected chi connectivity index (χ3v) is 3.30. The summed E-state index contributed by atoms with van der Waals surface area (Å²) in [6.07, 6.45) is 5.35. The molecule has 0 bridgehead atoms. The van der Waals surface area contributed by atoms with E-state index in [0.29, 0.717) is 6.61 Å². The summed E-state index contributed by atoms with van der Waals surface area (Å²) >= 11 is 0. The lowest BCUT2D eigenvalue weighted by atomic mass is 9.83. The zero-order valence-corrected chi connectivity index (χ0v) is 10.1. The normalized spacial score (nSPS) is 15.6. The highest BCUT2D eigenvalue weighted by Crippen LogP contribution is 2.28. The molecule has 17 heavy (non-hydrogen) atoms. The first-order chi connectivity index (χ1) is 8.34. The van der Waals surface area contributed by atoms with Gasteiger partial charge in [0.1, 0.15) is 5.82 Å². The van der Waals surface area contributed by atoms with E-state index in [4.69, 9.17) is 4.74 Å². The fraction of sp³-hybridized carbons (Fsp3) is 0.571. The van der Waals surface area contributed by atoms with E-state index in [1.165, 1.54) is 37.8 Å². The predicted molar refractivity (Wildman–Crippen MR) is 67.7 cm³/mol. The molecule has 0 aliphatic heterocycles. The topological polar surface area (TPSA) is 21.3 Å². The Morgan fingerprint density at radius 1 is 1.29 bits per heavy atom. The predicted octanol–water partition coefficient (Wildman–Crippen LogP) is 3.44. The van der Waals surface area contributed by atoms with E-state index in [-0.39, 0.29) is 5.82 Å². The molecule has 94 valence electrons. The quantitative estimate of drug-likeness (QED) is 0.733. The number of nitrogens with one attached hydrogen (secondary N) is 1. The SMILES string of the molecule is Fc1cccc(NCCOCCC2CCC2)c1. The van der Waals surface area contributed by atoms with Crippen molar-refractivity contribution in [3.63, 3.8) is 0 Å². The first-order valence-electron chi connectivity index (χ1n) is 6.42. The molecule has 0 amide bonds. The van der Waals surface area contributed by atoms with Gasteiger partial charge in [-0.1, -0.05) is 25.3 Å². The number of ether oxygens (including phenoxy) is 1. The summed E-state index contributed by atoms with van der Waals surface area (Å²) in [5, 5.41) is 3.14. The molecule has 0 atom stereocenters. The molecule has 1 aromatic carbocycles. The van der Waals surface area contributed by atoms with Gasteiger partial charge in [0.25, 0.3) is 0 Å². The van der Waals surface area contributed by atoms with Gasteiger partial charge < -0.3 is 10.1 Å². The van der Waals surface area contributed by atoms with Crippen LogP contribution in [0.4, 0.5) is 10.1 Å². The molecular weight excluding hydrogens is 217 g/mol. The van der Waals surface area contributed by atoms with Crippen molar-refractivity contribution < 1.29 is 9.13 Å². The van der Waals surface area contributed by atoms with Crippen molar-refractivity contribution in [2.75, 3.05) is 25.1 Å². The zero-order chi connectivity index (χ0) is 11.9. The van der Waals surface area contributed by atoms with Crippen molar-refractivity contribution in [1.29, 1.82) is 0 Å². The van der Waals surface area contributed by atoms with Crippen LogP contribution in [0.5, 0.6) is 0 Å². The van der Waals surface area contributed by atoms with Crippen molar-refractivity contribution in [3.8, 4) is 0 Å². The largest absolute Gasteiger partial charge is 0.383 e. The monoisotopic (exact) mass is 237 g/mol. The summed E-state index contributed by atoms with van der Waals surface area (Å²) in [4.78, 5) is 0. The molecule has 0 saturated heterocycles. The number of rotatable bonds is 7. The van der Waals surface area contributed by atoms with Gasteiger partial charge in [0, 0.05) is 18.8 Å². The van der Waals surface area contributed by atoms with Crippen LogP contribution in [0.1, 0.15) is 25.7 Å². The van der Waals surface area contributed by atoms with E-state index >= 15 is 0 Å². The van der Waals surface area contributed by atoms with Crippen LogP contribution in [0.15, 0.2) is 24.3 Å². The van der Waals surface area contributed by atoms with Gasteiger partial charge >= 0.3 is 0 Å². The second kappa shape index (κ2) is 6.60. The van der Waals surface area contributed by atoms with E-state index < -0.39 is 0 Å². The summed E-state index contributed by atoms with van der Waals surface area (Å²) in [6, 6.07) is 6.50. The van der Waals surface area contributed by atoms with Crippen LogP contribution in [0.2, 0.25) is 0 Å². The molecule has 1 N–H and O–H groups in total. The molecule has 0 radical (unpaired) electrons. The van der Waals surface area contributed by atoms with Crippen LogP contribution in [-0.2, 0) is 4.74 Å². The van der Waals surface area contributed by atoms with E-state index in [9.17, 15) is 4.39 Å². The Bertz CT molecular complexity index is 339. The first kappa shape index (κ1) is 12.4. The van der Waals surface area contributed by atoms with Gasteiger partial charge in [0.2, 0.25) is 0 Å². The Balaban J connectivity index is 1.50. The number of benzene rings is 1. The summed E-state index contributed by atoms with van der Waals surface area (Å²) in [7, 11) is 0. The zero-order valence-electron chi connectivity index (χ0n) is 10.1. The fourth-order valence-corrected chi connectivity index (χ4v) is 2.00. The summed E-state index contributed by atoms with van der Waals surface area (Å²) < 4.78 is 18.4. The number of halogens is 1. The lowest BCUT2D eigenvalue weighted by Crippen LogP contribution is -2.15. The minimum Gasteiger partial charge on any atom is -0.383 e. The smallest absolute Gasteiger partial charge is 0.125 e. The van der Waals surface area contributed by atoms with Crippen LogP contribution >= 0.6 is 0 Å². The third kappa shape index (κ3) is 4.35. The Morgan fingerprint density at radius 3 is 2.88 bits per heavy atom. The first-order valence-corrected chi connectivity index (χ1v) is 6.42. The van der Waals surface area contributed by atoms with Crippen LogP contribution in [0.3, 0.4) is 0 Å². The van der Waals surface area contributed by atoms with Crippen molar-refractivity contribution >= 4 is 5.69 Å². The minimum atomic E-state index is -0.207. The Morgan fingerprint density at radius 2 is 2.18 bits per heavy atom. The number of hydrogen-bond donors (Lipinski definition) is 1. The van der Waals surface area contributed by atoms with Gasteiger partial charge in [-0.05, 0) is 30.5 Å². The summed E-state index contributed by atoms with van der Waals surface area (Å²) in [6.45, 7) is 2.27. The second-order valence-corrected chi connectivity index (χ2v) is 4.64. The van der Waals surface area contributed by atoms with Crippen molar-refractivity contribution in [2.45, 2.75) is 25.7 Å². The standard InChI is InChI=1S/C14H20FNO/c15-13-5-2-6-14(11-13)16-8-10-17-9-7-12-3-1-4-12/h2,5-6,11-12,16H,1,3-4,7-10H2. The summed E-state index contributed by atoms with van der Waals surface area (Å²) in [5.41, 5.74) is 0.813. The fourth-order valence-electron chi connectivity index (χ4n) is 2.00. The molecule has 2 nitrogen and oxygen atoms in total. The van der Waals surface area contributed by atoms with Gasteiger partial charge in [0.05, 0.1) is 6.61 Å². The van der Waals surface area contributed by atoms with E-state index in [0.717, 1.165) is 24.8 Å². The molecule has 0 spiro atoms. The second-order valence-electron chi connectivity index (χ2n) is 4.64. The average Bonchev–Trinajstić information content (AvgIpc) is 2.25. The molecule has 0 aromatic heterocycles. The van der Waals surface area contributed by atoms with Crippen molar-refractivity contribution in [1.82, 2.24) is 0 Å². The van der Waals surface area contributed by atoms with E-state index in [1.807, 2.05) is 6.07 Å². The molecule has 2 rings (SSSR count). The molecule has 0 heterocycles. The lowest BCUT2D eigenvalue weighted by molar-refractivity contribution is 0.114. The Labute approximate surface area is 102 Å². The van der Waals surface area contributed by atoms with Gasteiger partial charge in [-0.2, -0.15) is 0 Å². The Hall–Kier alpha value is -1.09. The molecule has 1 aliphatic carbocycles. The summed E-state index contributed by atoms with van der Waals surface area (Å²) in [5.74, 6) is 0.701. The number of hydrogen-bond acceptors (Lipinski definition) is 2.